The van der Waals surface area contributed by atoms with E-state index in [1.54, 1.807) is 7.11 Å². The summed E-state index contributed by atoms with van der Waals surface area (Å²) in [5, 5.41) is 5.39. The van der Waals surface area contributed by atoms with E-state index in [-0.39, 0.29) is 11.5 Å². The van der Waals surface area contributed by atoms with Crippen molar-refractivity contribution in [2.45, 2.75) is 38.1 Å². The van der Waals surface area contributed by atoms with Gasteiger partial charge in [-0.2, -0.15) is 0 Å². The topological polar surface area (TPSA) is 76.7 Å². The number of nitrogens with one attached hydrogen (secondary N) is 2. The standard InChI is InChI=1S/C18H26N2O4/c1-13(2)20-17(22)16(21)19-12-18(8-10-24-11-9-18)14-6-4-5-7-15(14)23-3/h4-7,13H,8-12H2,1-3H3,(H,19,21)(H,20,22). The molecule has 0 aromatic heterocycles. The van der Waals surface area contributed by atoms with Crippen LogP contribution in [-0.4, -0.2) is 44.7 Å². The smallest absolute Gasteiger partial charge is 0.309 e. The maximum absolute atomic E-state index is 12.1. The highest BCUT2D eigenvalue weighted by molar-refractivity contribution is 6.35. The molecule has 1 aromatic carbocycles. The summed E-state index contributed by atoms with van der Waals surface area (Å²) in [7, 11) is 1.64. The molecule has 1 aromatic rings. The first-order valence-electron chi connectivity index (χ1n) is 8.28. The maximum Gasteiger partial charge on any atom is 0.309 e. The van der Waals surface area contributed by atoms with Gasteiger partial charge in [0.05, 0.1) is 7.11 Å². The van der Waals surface area contributed by atoms with Crippen LogP contribution in [0.5, 0.6) is 5.75 Å². The summed E-state index contributed by atoms with van der Waals surface area (Å²) < 4.78 is 11.0. The van der Waals surface area contributed by atoms with Gasteiger partial charge >= 0.3 is 11.8 Å². The first-order valence-corrected chi connectivity index (χ1v) is 8.28. The molecule has 0 radical (unpaired) electrons. The molecule has 24 heavy (non-hydrogen) atoms. The van der Waals surface area contributed by atoms with Crippen LogP contribution in [-0.2, 0) is 19.7 Å². The van der Waals surface area contributed by atoms with Gasteiger partial charge in [-0.25, -0.2) is 0 Å². The summed E-state index contributed by atoms with van der Waals surface area (Å²) in [4.78, 5) is 23.9. The number of hydrogen-bond donors (Lipinski definition) is 2. The monoisotopic (exact) mass is 334 g/mol. The van der Waals surface area contributed by atoms with E-state index in [1.807, 2.05) is 38.1 Å². The molecule has 1 aliphatic heterocycles. The molecule has 2 rings (SSSR count). The van der Waals surface area contributed by atoms with Crippen molar-refractivity contribution >= 4 is 11.8 Å². The number of methoxy groups -OCH3 is 1. The van der Waals surface area contributed by atoms with E-state index in [0.29, 0.717) is 19.8 Å². The summed E-state index contributed by atoms with van der Waals surface area (Å²) in [5.41, 5.74) is 0.749. The molecule has 6 nitrogen and oxygen atoms in total. The van der Waals surface area contributed by atoms with Crippen molar-refractivity contribution in [3.8, 4) is 5.75 Å². The van der Waals surface area contributed by atoms with Crippen molar-refractivity contribution in [2.24, 2.45) is 0 Å². The Morgan fingerprint density at radius 3 is 2.50 bits per heavy atom. The normalized spacial score (nSPS) is 16.5. The second-order valence-corrected chi connectivity index (χ2v) is 6.40. The summed E-state index contributed by atoms with van der Waals surface area (Å²) >= 11 is 0. The van der Waals surface area contributed by atoms with Gasteiger partial charge in [0.15, 0.2) is 0 Å². The zero-order chi connectivity index (χ0) is 17.6. The van der Waals surface area contributed by atoms with Gasteiger partial charge in [-0.3, -0.25) is 9.59 Å². The Morgan fingerprint density at radius 1 is 1.21 bits per heavy atom. The van der Waals surface area contributed by atoms with Crippen molar-refractivity contribution < 1.29 is 19.1 Å². The Balaban J connectivity index is 2.17. The first-order chi connectivity index (χ1) is 11.5. The van der Waals surface area contributed by atoms with Crippen molar-refractivity contribution in [1.29, 1.82) is 0 Å². The zero-order valence-corrected chi connectivity index (χ0v) is 14.6. The molecular formula is C18H26N2O4. The number of ether oxygens (including phenoxy) is 2. The third-order valence-corrected chi connectivity index (χ3v) is 4.34. The fraction of sp³-hybridized carbons (Fsp3) is 0.556. The molecule has 1 fully saturated rings. The lowest BCUT2D eigenvalue weighted by Crippen LogP contribution is -2.49. The number of para-hydroxylation sites is 1. The molecule has 6 heteroatoms. The van der Waals surface area contributed by atoms with E-state index in [9.17, 15) is 9.59 Å². The number of carbonyl (C=O) groups excluding carboxylic acids is 2. The molecule has 0 spiro atoms. The van der Waals surface area contributed by atoms with E-state index in [2.05, 4.69) is 10.6 Å². The Hall–Kier alpha value is -2.08. The molecule has 0 bridgehead atoms. The van der Waals surface area contributed by atoms with Gasteiger partial charge in [-0.1, -0.05) is 18.2 Å². The van der Waals surface area contributed by atoms with E-state index in [1.165, 1.54) is 0 Å². The number of carbonyl (C=O) groups is 2. The van der Waals surface area contributed by atoms with Gasteiger partial charge in [-0.15, -0.1) is 0 Å². The predicted octanol–water partition coefficient (Wildman–Crippen LogP) is 1.38. The van der Waals surface area contributed by atoms with Crippen LogP contribution < -0.4 is 15.4 Å². The quantitative estimate of drug-likeness (QED) is 0.798. The van der Waals surface area contributed by atoms with Crippen molar-refractivity contribution in [3.05, 3.63) is 29.8 Å². The van der Waals surface area contributed by atoms with Crippen molar-refractivity contribution in [1.82, 2.24) is 10.6 Å². The lowest BCUT2D eigenvalue weighted by molar-refractivity contribution is -0.139. The molecule has 132 valence electrons. The van der Waals surface area contributed by atoms with Crippen LogP contribution in [0.25, 0.3) is 0 Å². The Kier molecular flexibility index (Phi) is 6.20. The van der Waals surface area contributed by atoms with E-state index >= 15 is 0 Å². The minimum Gasteiger partial charge on any atom is -0.496 e. The van der Waals surface area contributed by atoms with Gasteiger partial charge in [0.2, 0.25) is 0 Å². The largest absolute Gasteiger partial charge is 0.496 e. The second kappa shape index (κ2) is 8.15. The summed E-state index contributed by atoms with van der Waals surface area (Å²) in [6.07, 6.45) is 1.53. The highest BCUT2D eigenvalue weighted by Crippen LogP contribution is 2.39. The minimum atomic E-state index is -0.607. The second-order valence-electron chi connectivity index (χ2n) is 6.40. The molecule has 1 saturated heterocycles. The fourth-order valence-electron chi connectivity index (χ4n) is 3.04. The van der Waals surface area contributed by atoms with Gasteiger partial charge in [0.25, 0.3) is 0 Å². The van der Waals surface area contributed by atoms with Gasteiger partial charge < -0.3 is 20.1 Å². The molecule has 0 saturated carbocycles. The number of amides is 2. The van der Waals surface area contributed by atoms with Gasteiger partial charge in [0.1, 0.15) is 5.75 Å². The van der Waals surface area contributed by atoms with Crippen LogP contribution in [0.2, 0.25) is 0 Å². The lowest BCUT2D eigenvalue weighted by Gasteiger charge is -2.38. The number of benzene rings is 1. The maximum atomic E-state index is 12.1. The molecule has 2 N–H and O–H groups in total. The van der Waals surface area contributed by atoms with Crippen LogP contribution in [0.1, 0.15) is 32.3 Å². The molecule has 1 aliphatic rings. The zero-order valence-electron chi connectivity index (χ0n) is 14.6. The molecule has 0 atom stereocenters. The lowest BCUT2D eigenvalue weighted by atomic mass is 9.73. The Labute approximate surface area is 142 Å². The van der Waals surface area contributed by atoms with E-state index in [0.717, 1.165) is 24.2 Å². The van der Waals surface area contributed by atoms with Crippen molar-refractivity contribution in [2.75, 3.05) is 26.9 Å². The summed E-state index contributed by atoms with van der Waals surface area (Å²) in [5.74, 6) is -0.419. The SMILES string of the molecule is COc1ccccc1C1(CNC(=O)C(=O)NC(C)C)CCOCC1. The number of rotatable bonds is 5. The number of hydrogen-bond acceptors (Lipinski definition) is 4. The summed E-state index contributed by atoms with van der Waals surface area (Å²) in [6.45, 7) is 5.25. The van der Waals surface area contributed by atoms with Crippen molar-refractivity contribution in [3.63, 3.8) is 0 Å². The average Bonchev–Trinajstić information content (AvgIpc) is 2.59. The van der Waals surface area contributed by atoms with Crippen LogP contribution in [0, 0.1) is 0 Å². The van der Waals surface area contributed by atoms with Gasteiger partial charge in [-0.05, 0) is 32.8 Å². The Bertz CT molecular complexity index is 580. The highest BCUT2D eigenvalue weighted by Gasteiger charge is 2.37. The average molecular weight is 334 g/mol. The third-order valence-electron chi connectivity index (χ3n) is 4.34. The molecule has 0 unspecified atom stereocenters. The third kappa shape index (κ3) is 4.26. The van der Waals surface area contributed by atoms with Gasteiger partial charge in [0, 0.05) is 36.8 Å². The molecule has 1 heterocycles. The van der Waals surface area contributed by atoms with Crippen LogP contribution >= 0.6 is 0 Å². The van der Waals surface area contributed by atoms with E-state index < -0.39 is 11.8 Å². The van der Waals surface area contributed by atoms with Crippen LogP contribution in [0.3, 0.4) is 0 Å². The molecular weight excluding hydrogens is 308 g/mol. The fourth-order valence-corrected chi connectivity index (χ4v) is 3.04. The summed E-state index contributed by atoms with van der Waals surface area (Å²) in [6, 6.07) is 7.74. The van der Waals surface area contributed by atoms with Crippen LogP contribution in [0.15, 0.2) is 24.3 Å². The minimum absolute atomic E-state index is 0.0745. The predicted molar refractivity (Wildman–Crippen MR) is 91.0 cm³/mol. The first kappa shape index (κ1) is 18.3. The Morgan fingerprint density at radius 2 is 1.88 bits per heavy atom. The van der Waals surface area contributed by atoms with Crippen LogP contribution in [0.4, 0.5) is 0 Å². The highest BCUT2D eigenvalue weighted by atomic mass is 16.5. The molecule has 2 amide bonds. The molecule has 0 aliphatic carbocycles. The van der Waals surface area contributed by atoms with E-state index in [4.69, 9.17) is 9.47 Å².